The number of carbonyl (C=O) groups excluding carboxylic acids is 1. The lowest BCUT2D eigenvalue weighted by Crippen LogP contribution is -2.25. The van der Waals surface area contributed by atoms with Crippen LogP contribution in [0.25, 0.3) is 0 Å². The summed E-state index contributed by atoms with van der Waals surface area (Å²) in [5, 5.41) is 13.3. The lowest BCUT2D eigenvalue weighted by atomic mass is 10.1. The predicted molar refractivity (Wildman–Crippen MR) is 77.1 cm³/mol. The molecule has 0 atom stereocenters. The van der Waals surface area contributed by atoms with E-state index in [0.29, 0.717) is 13.0 Å². The Morgan fingerprint density at radius 1 is 1.15 bits per heavy atom. The first-order valence-electron chi connectivity index (χ1n) is 7.00. The van der Waals surface area contributed by atoms with Gasteiger partial charge in [-0.2, -0.15) is 15.4 Å². The summed E-state index contributed by atoms with van der Waals surface area (Å²) < 4.78 is 0. The Hall–Kier alpha value is -2.17. The van der Waals surface area contributed by atoms with Gasteiger partial charge in [-0.1, -0.05) is 30.3 Å². The summed E-state index contributed by atoms with van der Waals surface area (Å²) in [6.07, 6.45) is 5.88. The molecule has 0 bridgehead atoms. The van der Waals surface area contributed by atoms with E-state index in [-0.39, 0.29) is 5.91 Å². The van der Waals surface area contributed by atoms with E-state index >= 15 is 0 Å². The quantitative estimate of drug-likeness (QED) is 0.721. The van der Waals surface area contributed by atoms with Crippen molar-refractivity contribution >= 4 is 5.91 Å². The van der Waals surface area contributed by atoms with Crippen molar-refractivity contribution in [3.05, 3.63) is 47.8 Å². The molecule has 1 aromatic heterocycles. The molecule has 1 aromatic carbocycles. The molecule has 0 radical (unpaired) electrons. The zero-order valence-electron chi connectivity index (χ0n) is 11.5. The van der Waals surface area contributed by atoms with Crippen molar-refractivity contribution in [1.82, 2.24) is 20.7 Å². The molecule has 20 heavy (non-hydrogen) atoms. The van der Waals surface area contributed by atoms with Gasteiger partial charge < -0.3 is 5.32 Å². The molecule has 106 valence electrons. The molecule has 2 rings (SSSR count). The summed E-state index contributed by atoms with van der Waals surface area (Å²) in [6.45, 7) is 0.701. The van der Waals surface area contributed by atoms with E-state index < -0.39 is 0 Å². The van der Waals surface area contributed by atoms with Crippen LogP contribution in [0.5, 0.6) is 0 Å². The number of aryl methyl sites for hydroxylation is 1. The third kappa shape index (κ3) is 5.22. The molecule has 0 saturated heterocycles. The van der Waals surface area contributed by atoms with Crippen LogP contribution in [0.4, 0.5) is 0 Å². The highest BCUT2D eigenvalue weighted by molar-refractivity contribution is 5.75. The first-order valence-corrected chi connectivity index (χ1v) is 7.00. The molecule has 0 unspecified atom stereocenters. The summed E-state index contributed by atoms with van der Waals surface area (Å²) in [5.74, 6) is 0.126. The van der Waals surface area contributed by atoms with Crippen molar-refractivity contribution in [3.8, 4) is 0 Å². The molecule has 1 heterocycles. The van der Waals surface area contributed by atoms with Gasteiger partial charge in [-0.25, -0.2) is 0 Å². The Bertz CT molecular complexity index is 496. The van der Waals surface area contributed by atoms with Crippen LogP contribution in [0.1, 0.15) is 30.5 Å². The van der Waals surface area contributed by atoms with E-state index in [9.17, 15) is 4.79 Å². The number of unbranched alkanes of at least 4 members (excludes halogenated alkanes) is 1. The van der Waals surface area contributed by atoms with Crippen LogP contribution < -0.4 is 5.32 Å². The Balaban J connectivity index is 1.52. The van der Waals surface area contributed by atoms with E-state index in [2.05, 4.69) is 32.9 Å². The van der Waals surface area contributed by atoms with E-state index in [4.69, 9.17) is 0 Å². The molecular weight excluding hydrogens is 252 g/mol. The average molecular weight is 272 g/mol. The molecule has 1 amide bonds. The van der Waals surface area contributed by atoms with Gasteiger partial charge in [-0.3, -0.25) is 4.79 Å². The SMILES string of the molecule is O=C(CCCCc1cn[nH]n1)NCCc1ccccc1. The second kappa shape index (κ2) is 8.09. The molecule has 2 N–H and O–H groups in total. The minimum absolute atomic E-state index is 0.126. The van der Waals surface area contributed by atoms with Crippen LogP contribution in [0, 0.1) is 0 Å². The second-order valence-corrected chi connectivity index (χ2v) is 4.75. The summed E-state index contributed by atoms with van der Waals surface area (Å²) in [6, 6.07) is 10.2. The first-order chi connectivity index (χ1) is 9.84. The smallest absolute Gasteiger partial charge is 0.220 e. The number of nitrogens with one attached hydrogen (secondary N) is 2. The maximum Gasteiger partial charge on any atom is 0.220 e. The summed E-state index contributed by atoms with van der Waals surface area (Å²) in [5.41, 5.74) is 2.20. The third-order valence-electron chi connectivity index (χ3n) is 3.13. The number of hydrogen-bond acceptors (Lipinski definition) is 3. The van der Waals surface area contributed by atoms with Gasteiger partial charge >= 0.3 is 0 Å². The summed E-state index contributed by atoms with van der Waals surface area (Å²) >= 11 is 0. The molecule has 0 aliphatic carbocycles. The Kier molecular flexibility index (Phi) is 5.76. The highest BCUT2D eigenvalue weighted by atomic mass is 16.1. The number of carbonyl (C=O) groups is 1. The van der Waals surface area contributed by atoms with Crippen LogP contribution >= 0.6 is 0 Å². The molecule has 5 heteroatoms. The van der Waals surface area contributed by atoms with Crippen LogP contribution in [0.3, 0.4) is 0 Å². The second-order valence-electron chi connectivity index (χ2n) is 4.75. The number of benzene rings is 1. The first kappa shape index (κ1) is 14.2. The molecular formula is C15H20N4O. The van der Waals surface area contributed by atoms with Crippen molar-refractivity contribution in [1.29, 1.82) is 0 Å². The standard InChI is InChI=1S/C15H20N4O/c20-15(9-5-4-8-14-12-17-19-18-14)16-11-10-13-6-2-1-3-7-13/h1-3,6-7,12H,4-5,8-11H2,(H,16,20)(H,17,18,19). The molecule has 0 spiro atoms. The maximum atomic E-state index is 11.6. The fourth-order valence-electron chi connectivity index (χ4n) is 2.02. The van der Waals surface area contributed by atoms with Gasteiger partial charge in [0.2, 0.25) is 5.91 Å². The van der Waals surface area contributed by atoms with Crippen molar-refractivity contribution < 1.29 is 4.79 Å². The number of aromatic nitrogens is 3. The van der Waals surface area contributed by atoms with Gasteiger partial charge in [0, 0.05) is 13.0 Å². The Morgan fingerprint density at radius 3 is 2.75 bits per heavy atom. The summed E-state index contributed by atoms with van der Waals surface area (Å²) in [7, 11) is 0. The molecule has 0 fully saturated rings. The van der Waals surface area contributed by atoms with Crippen LogP contribution in [-0.2, 0) is 17.6 Å². The monoisotopic (exact) mass is 272 g/mol. The van der Waals surface area contributed by atoms with Crippen molar-refractivity contribution in [3.63, 3.8) is 0 Å². The lowest BCUT2D eigenvalue weighted by Gasteiger charge is -2.05. The van der Waals surface area contributed by atoms with Gasteiger partial charge in [0.15, 0.2) is 0 Å². The highest BCUT2D eigenvalue weighted by Gasteiger charge is 2.02. The van der Waals surface area contributed by atoms with Crippen LogP contribution in [-0.4, -0.2) is 27.9 Å². The van der Waals surface area contributed by atoms with Crippen molar-refractivity contribution in [2.24, 2.45) is 0 Å². The molecule has 0 aliphatic rings. The van der Waals surface area contributed by atoms with Crippen LogP contribution in [0.15, 0.2) is 36.5 Å². The van der Waals surface area contributed by atoms with E-state index in [1.165, 1.54) is 5.56 Å². The summed E-state index contributed by atoms with van der Waals surface area (Å²) in [4.78, 5) is 11.6. The van der Waals surface area contributed by atoms with Crippen molar-refractivity contribution in [2.45, 2.75) is 32.1 Å². The van der Waals surface area contributed by atoms with E-state index in [1.54, 1.807) is 6.20 Å². The normalized spacial score (nSPS) is 10.4. The largest absolute Gasteiger partial charge is 0.356 e. The predicted octanol–water partition coefficient (Wildman–Crippen LogP) is 1.88. The molecule has 0 saturated carbocycles. The molecule has 2 aromatic rings. The van der Waals surface area contributed by atoms with E-state index in [0.717, 1.165) is 31.4 Å². The van der Waals surface area contributed by atoms with E-state index in [1.807, 2.05) is 18.2 Å². The number of aromatic amines is 1. The topological polar surface area (TPSA) is 70.7 Å². The molecule has 5 nitrogen and oxygen atoms in total. The number of amides is 1. The number of rotatable bonds is 8. The van der Waals surface area contributed by atoms with Crippen molar-refractivity contribution in [2.75, 3.05) is 6.54 Å². The lowest BCUT2D eigenvalue weighted by molar-refractivity contribution is -0.121. The van der Waals surface area contributed by atoms with Crippen LogP contribution in [0.2, 0.25) is 0 Å². The number of hydrogen-bond donors (Lipinski definition) is 2. The van der Waals surface area contributed by atoms with Gasteiger partial charge in [0.25, 0.3) is 0 Å². The number of H-pyrrole nitrogens is 1. The number of nitrogens with zero attached hydrogens (tertiary/aromatic N) is 2. The van der Waals surface area contributed by atoms with Gasteiger partial charge in [0.05, 0.1) is 11.9 Å². The molecule has 0 aliphatic heterocycles. The van der Waals surface area contributed by atoms with Gasteiger partial charge in [-0.05, 0) is 31.2 Å². The highest BCUT2D eigenvalue weighted by Crippen LogP contribution is 2.02. The zero-order valence-corrected chi connectivity index (χ0v) is 11.5. The zero-order chi connectivity index (χ0) is 14.0. The van der Waals surface area contributed by atoms with Gasteiger partial charge in [-0.15, -0.1) is 0 Å². The third-order valence-corrected chi connectivity index (χ3v) is 3.13. The minimum atomic E-state index is 0.126. The maximum absolute atomic E-state index is 11.6. The van der Waals surface area contributed by atoms with Gasteiger partial charge in [0.1, 0.15) is 0 Å². The fraction of sp³-hybridized carbons (Fsp3) is 0.400. The Morgan fingerprint density at radius 2 is 2.00 bits per heavy atom. The minimum Gasteiger partial charge on any atom is -0.356 e. The fourth-order valence-corrected chi connectivity index (χ4v) is 2.02. The Labute approximate surface area is 118 Å². The average Bonchev–Trinajstić information content (AvgIpc) is 2.98.